The van der Waals surface area contributed by atoms with Crippen molar-refractivity contribution < 1.29 is 8.42 Å². The second-order valence-electron chi connectivity index (χ2n) is 5.85. The molecule has 1 saturated heterocycles. The van der Waals surface area contributed by atoms with Crippen LogP contribution >= 0.6 is 0 Å². The fourth-order valence-electron chi connectivity index (χ4n) is 2.86. The molecule has 0 aliphatic carbocycles. The van der Waals surface area contributed by atoms with E-state index in [-0.39, 0.29) is 6.04 Å². The highest BCUT2D eigenvalue weighted by atomic mass is 32.2. The zero-order valence-electron chi connectivity index (χ0n) is 13.5. The maximum Gasteiger partial charge on any atom is 0.236 e. The number of nitrogens with zero attached hydrogens (tertiary/aromatic N) is 2. The average molecular weight is 322 g/mol. The maximum atomic E-state index is 12.4. The van der Waals surface area contributed by atoms with Gasteiger partial charge in [-0.3, -0.25) is 0 Å². The van der Waals surface area contributed by atoms with E-state index in [0.717, 1.165) is 44.5 Å². The molecule has 4 nitrogen and oxygen atoms in total. The predicted molar refractivity (Wildman–Crippen MR) is 91.9 cm³/mol. The molecule has 2 rings (SSSR count). The third-order valence-corrected chi connectivity index (χ3v) is 5.83. The maximum absolute atomic E-state index is 12.4. The molecule has 5 heteroatoms. The van der Waals surface area contributed by atoms with Crippen molar-refractivity contribution in [2.75, 3.05) is 26.7 Å². The summed E-state index contributed by atoms with van der Waals surface area (Å²) in [6, 6.07) is 9.63. The molecule has 0 bridgehead atoms. The van der Waals surface area contributed by atoms with Gasteiger partial charge < -0.3 is 4.90 Å². The molecule has 0 saturated carbocycles. The van der Waals surface area contributed by atoms with Crippen LogP contribution in [0.5, 0.6) is 0 Å². The average Bonchev–Trinajstić information content (AvgIpc) is 2.54. The Morgan fingerprint density at radius 1 is 1.23 bits per heavy atom. The lowest BCUT2D eigenvalue weighted by Crippen LogP contribution is -2.45. The summed E-state index contributed by atoms with van der Waals surface area (Å²) in [5.41, 5.74) is 0.900. The largest absolute Gasteiger partial charge is 0.303 e. The van der Waals surface area contributed by atoms with Crippen LogP contribution in [0, 0.1) is 0 Å². The number of piperidine rings is 1. The smallest absolute Gasteiger partial charge is 0.236 e. The first-order valence-corrected chi connectivity index (χ1v) is 9.47. The molecule has 0 atom stereocenters. The van der Waals surface area contributed by atoms with Crippen LogP contribution in [0.1, 0.15) is 31.7 Å². The van der Waals surface area contributed by atoms with Gasteiger partial charge in [0.2, 0.25) is 10.0 Å². The molecule has 0 N–H and O–H groups in total. The summed E-state index contributed by atoms with van der Waals surface area (Å²) in [5.74, 6) is 0. The topological polar surface area (TPSA) is 40.6 Å². The van der Waals surface area contributed by atoms with Crippen molar-refractivity contribution in [1.82, 2.24) is 9.21 Å². The Kier molecular flexibility index (Phi) is 6.17. The monoisotopic (exact) mass is 322 g/mol. The van der Waals surface area contributed by atoms with E-state index in [1.807, 2.05) is 30.3 Å². The van der Waals surface area contributed by atoms with Crippen LogP contribution in [0.4, 0.5) is 0 Å². The molecule has 22 heavy (non-hydrogen) atoms. The van der Waals surface area contributed by atoms with Crippen LogP contribution in [0.3, 0.4) is 0 Å². The molecule has 1 heterocycles. The summed E-state index contributed by atoms with van der Waals surface area (Å²) < 4.78 is 26.4. The summed E-state index contributed by atoms with van der Waals surface area (Å²) in [7, 11) is -1.65. The quantitative estimate of drug-likeness (QED) is 0.808. The van der Waals surface area contributed by atoms with Gasteiger partial charge in [0.15, 0.2) is 0 Å². The third-order valence-electron chi connectivity index (χ3n) is 4.24. The van der Waals surface area contributed by atoms with E-state index in [0.29, 0.717) is 0 Å². The molecule has 1 aromatic rings. The standard InChI is InChI=1S/C17H26N2O2S/c1-3-12-19-13-9-17(10-14-19)18(2)22(20,21)15-11-16-7-5-4-6-8-16/h4-8,11,15,17H,3,9-10,12-14H2,1-2H3/b15-11+. The molecule has 0 aromatic heterocycles. The molecule has 0 spiro atoms. The van der Waals surface area contributed by atoms with Gasteiger partial charge in [0, 0.05) is 18.5 Å². The van der Waals surface area contributed by atoms with Crippen LogP contribution in [0.25, 0.3) is 6.08 Å². The second-order valence-corrected chi connectivity index (χ2v) is 7.73. The van der Waals surface area contributed by atoms with Gasteiger partial charge >= 0.3 is 0 Å². The summed E-state index contributed by atoms with van der Waals surface area (Å²) in [6.45, 7) is 5.26. The Morgan fingerprint density at radius 3 is 2.45 bits per heavy atom. The molecule has 1 aliphatic rings. The Balaban J connectivity index is 1.96. The summed E-state index contributed by atoms with van der Waals surface area (Å²) in [4.78, 5) is 2.41. The number of likely N-dealkylation sites (tertiary alicyclic amines) is 1. The first kappa shape index (κ1) is 17.2. The number of hydrogen-bond acceptors (Lipinski definition) is 3. The molecule has 0 amide bonds. The van der Waals surface area contributed by atoms with E-state index in [2.05, 4.69) is 11.8 Å². The van der Waals surface area contributed by atoms with Gasteiger partial charge in [-0.05, 0) is 50.5 Å². The van der Waals surface area contributed by atoms with Crippen LogP contribution in [-0.4, -0.2) is 50.3 Å². The van der Waals surface area contributed by atoms with Crippen molar-refractivity contribution >= 4 is 16.1 Å². The molecule has 122 valence electrons. The summed E-state index contributed by atoms with van der Waals surface area (Å²) >= 11 is 0. The molecule has 1 aromatic carbocycles. The highest BCUT2D eigenvalue weighted by Gasteiger charge is 2.27. The Labute approximate surface area is 134 Å². The Bertz CT molecular complexity index is 576. The van der Waals surface area contributed by atoms with Gasteiger partial charge in [0.1, 0.15) is 0 Å². The molecule has 1 aliphatic heterocycles. The van der Waals surface area contributed by atoms with Crippen molar-refractivity contribution in [3.8, 4) is 0 Å². The lowest BCUT2D eigenvalue weighted by Gasteiger charge is -2.35. The summed E-state index contributed by atoms with van der Waals surface area (Å²) in [6.07, 6.45) is 4.64. The zero-order chi connectivity index (χ0) is 16.0. The van der Waals surface area contributed by atoms with Gasteiger partial charge in [0.05, 0.1) is 0 Å². The lowest BCUT2D eigenvalue weighted by atomic mass is 10.1. The minimum Gasteiger partial charge on any atom is -0.303 e. The molecular weight excluding hydrogens is 296 g/mol. The van der Waals surface area contributed by atoms with E-state index in [9.17, 15) is 8.42 Å². The van der Waals surface area contributed by atoms with Crippen LogP contribution in [-0.2, 0) is 10.0 Å². The van der Waals surface area contributed by atoms with Crippen molar-refractivity contribution in [3.63, 3.8) is 0 Å². The predicted octanol–water partition coefficient (Wildman–Crippen LogP) is 2.79. The normalized spacial score (nSPS) is 18.3. The van der Waals surface area contributed by atoms with E-state index < -0.39 is 10.0 Å². The number of hydrogen-bond donors (Lipinski definition) is 0. The molecule has 0 unspecified atom stereocenters. The van der Waals surface area contributed by atoms with E-state index in [1.54, 1.807) is 13.1 Å². The van der Waals surface area contributed by atoms with Gasteiger partial charge in [-0.2, -0.15) is 4.31 Å². The van der Waals surface area contributed by atoms with Crippen LogP contribution in [0.15, 0.2) is 35.7 Å². The molecule has 1 fully saturated rings. The first-order valence-electron chi connectivity index (χ1n) is 7.96. The number of rotatable bonds is 6. The van der Waals surface area contributed by atoms with Crippen molar-refractivity contribution in [2.45, 2.75) is 32.2 Å². The van der Waals surface area contributed by atoms with Gasteiger partial charge in [0.25, 0.3) is 0 Å². The van der Waals surface area contributed by atoms with Crippen molar-refractivity contribution in [3.05, 3.63) is 41.3 Å². The van der Waals surface area contributed by atoms with Crippen molar-refractivity contribution in [1.29, 1.82) is 0 Å². The van der Waals surface area contributed by atoms with E-state index in [4.69, 9.17) is 0 Å². The van der Waals surface area contributed by atoms with E-state index in [1.165, 1.54) is 9.71 Å². The fraction of sp³-hybridized carbons (Fsp3) is 0.529. The first-order chi connectivity index (χ1) is 10.5. The van der Waals surface area contributed by atoms with Gasteiger partial charge in [-0.25, -0.2) is 8.42 Å². The SMILES string of the molecule is CCCN1CCC(N(C)S(=O)(=O)/C=C/c2ccccc2)CC1. The third kappa shape index (κ3) is 4.66. The molecular formula is C17H26N2O2S. The Hall–Kier alpha value is -1.17. The fourth-order valence-corrected chi connectivity index (χ4v) is 4.00. The molecule has 0 radical (unpaired) electrons. The van der Waals surface area contributed by atoms with E-state index >= 15 is 0 Å². The lowest BCUT2D eigenvalue weighted by molar-refractivity contribution is 0.171. The summed E-state index contributed by atoms with van der Waals surface area (Å²) in [5, 5.41) is 1.32. The van der Waals surface area contributed by atoms with Gasteiger partial charge in [-0.15, -0.1) is 0 Å². The van der Waals surface area contributed by atoms with Gasteiger partial charge in [-0.1, -0.05) is 37.3 Å². The zero-order valence-corrected chi connectivity index (χ0v) is 14.3. The number of benzene rings is 1. The second kappa shape index (κ2) is 7.90. The Morgan fingerprint density at radius 2 is 1.86 bits per heavy atom. The highest BCUT2D eigenvalue weighted by Crippen LogP contribution is 2.19. The highest BCUT2D eigenvalue weighted by molar-refractivity contribution is 7.92. The number of sulfonamides is 1. The van der Waals surface area contributed by atoms with Crippen molar-refractivity contribution in [2.24, 2.45) is 0 Å². The minimum absolute atomic E-state index is 0.110. The minimum atomic E-state index is -3.35. The van der Waals surface area contributed by atoms with Crippen LogP contribution < -0.4 is 0 Å². The van der Waals surface area contributed by atoms with Crippen LogP contribution in [0.2, 0.25) is 0 Å².